The monoisotopic (exact) mass is 413 g/mol. The van der Waals surface area contributed by atoms with Crippen LogP contribution in [0.2, 0.25) is 5.02 Å². The molecule has 0 radical (unpaired) electrons. The zero-order valence-corrected chi connectivity index (χ0v) is 17.3. The van der Waals surface area contributed by atoms with Crippen LogP contribution in [0, 0.1) is 0 Å². The third-order valence-electron chi connectivity index (χ3n) is 5.61. The van der Waals surface area contributed by atoms with Gasteiger partial charge < -0.3 is 5.32 Å². The highest BCUT2D eigenvalue weighted by molar-refractivity contribution is 7.89. The SMILES string of the molecule is CC(C(=O)NC1CCCCC1)N1CCN(S(=O)(=O)c2ccccc2Cl)CC1. The molecule has 6 nitrogen and oxygen atoms in total. The number of sulfonamides is 1. The molecule has 1 aliphatic heterocycles. The van der Waals surface area contributed by atoms with Gasteiger partial charge in [0.05, 0.1) is 11.1 Å². The van der Waals surface area contributed by atoms with Gasteiger partial charge in [-0.3, -0.25) is 9.69 Å². The van der Waals surface area contributed by atoms with Gasteiger partial charge in [-0.05, 0) is 31.9 Å². The molecule has 1 saturated carbocycles. The Morgan fingerprint density at radius 3 is 2.37 bits per heavy atom. The van der Waals surface area contributed by atoms with Crippen LogP contribution < -0.4 is 5.32 Å². The quantitative estimate of drug-likeness (QED) is 0.805. The molecule has 2 aliphatic rings. The summed E-state index contributed by atoms with van der Waals surface area (Å²) in [6.07, 6.45) is 5.73. The average Bonchev–Trinajstić information content (AvgIpc) is 2.68. The maximum Gasteiger partial charge on any atom is 0.244 e. The molecule has 0 spiro atoms. The van der Waals surface area contributed by atoms with E-state index in [1.807, 2.05) is 6.92 Å². The minimum atomic E-state index is -3.61. The van der Waals surface area contributed by atoms with Crippen LogP contribution in [0.15, 0.2) is 29.2 Å². The number of carbonyl (C=O) groups excluding carboxylic acids is 1. The number of piperazine rings is 1. The van der Waals surface area contributed by atoms with Crippen LogP contribution in [0.3, 0.4) is 0 Å². The molecule has 1 aromatic rings. The molecular weight excluding hydrogens is 386 g/mol. The van der Waals surface area contributed by atoms with Gasteiger partial charge in [-0.1, -0.05) is 43.0 Å². The van der Waals surface area contributed by atoms with Crippen molar-refractivity contribution in [3.8, 4) is 0 Å². The van der Waals surface area contributed by atoms with Crippen LogP contribution in [0.25, 0.3) is 0 Å². The minimum Gasteiger partial charge on any atom is -0.352 e. The van der Waals surface area contributed by atoms with Crippen molar-refractivity contribution in [3.05, 3.63) is 29.3 Å². The van der Waals surface area contributed by atoms with Crippen molar-refractivity contribution >= 4 is 27.5 Å². The number of hydrogen-bond acceptors (Lipinski definition) is 4. The lowest BCUT2D eigenvalue weighted by Crippen LogP contribution is -2.55. The Morgan fingerprint density at radius 1 is 1.11 bits per heavy atom. The molecule has 8 heteroatoms. The second kappa shape index (κ2) is 8.90. The van der Waals surface area contributed by atoms with Crippen molar-refractivity contribution < 1.29 is 13.2 Å². The predicted octanol–water partition coefficient (Wildman–Crippen LogP) is 2.48. The number of halogens is 1. The van der Waals surface area contributed by atoms with Crippen LogP contribution in [-0.2, 0) is 14.8 Å². The number of nitrogens with one attached hydrogen (secondary N) is 1. The zero-order valence-electron chi connectivity index (χ0n) is 15.7. The summed E-state index contributed by atoms with van der Waals surface area (Å²) in [5, 5.41) is 3.40. The first-order chi connectivity index (χ1) is 12.9. The fourth-order valence-electron chi connectivity index (χ4n) is 3.86. The Labute approximate surface area is 166 Å². The van der Waals surface area contributed by atoms with E-state index in [1.165, 1.54) is 29.6 Å². The molecule has 1 N–H and O–H groups in total. The van der Waals surface area contributed by atoms with E-state index in [0.29, 0.717) is 26.2 Å². The van der Waals surface area contributed by atoms with Crippen molar-refractivity contribution in [2.24, 2.45) is 0 Å². The number of hydrogen-bond donors (Lipinski definition) is 1. The van der Waals surface area contributed by atoms with E-state index in [9.17, 15) is 13.2 Å². The Hall–Kier alpha value is -1.15. The highest BCUT2D eigenvalue weighted by Gasteiger charge is 2.33. The lowest BCUT2D eigenvalue weighted by molar-refractivity contribution is -0.127. The number of rotatable bonds is 5. The highest BCUT2D eigenvalue weighted by Crippen LogP contribution is 2.25. The molecule has 0 aromatic heterocycles. The van der Waals surface area contributed by atoms with Gasteiger partial charge in [-0.2, -0.15) is 4.31 Å². The van der Waals surface area contributed by atoms with Crippen molar-refractivity contribution in [1.29, 1.82) is 0 Å². The van der Waals surface area contributed by atoms with Crippen LogP contribution >= 0.6 is 11.6 Å². The molecule has 1 aliphatic carbocycles. The summed E-state index contributed by atoms with van der Waals surface area (Å²) in [4.78, 5) is 14.7. The molecule has 2 fully saturated rings. The second-order valence-electron chi connectivity index (χ2n) is 7.39. The molecule has 1 unspecified atom stereocenters. The van der Waals surface area contributed by atoms with E-state index in [-0.39, 0.29) is 27.9 Å². The fraction of sp³-hybridized carbons (Fsp3) is 0.632. The topological polar surface area (TPSA) is 69.7 Å². The summed E-state index contributed by atoms with van der Waals surface area (Å²) in [5.41, 5.74) is 0. The van der Waals surface area contributed by atoms with Crippen molar-refractivity contribution in [2.45, 2.75) is 56.0 Å². The largest absolute Gasteiger partial charge is 0.352 e. The first-order valence-corrected chi connectivity index (χ1v) is 11.5. The van der Waals surface area contributed by atoms with Crippen LogP contribution in [0.1, 0.15) is 39.0 Å². The third kappa shape index (κ3) is 4.83. The first-order valence-electron chi connectivity index (χ1n) is 9.68. The van der Waals surface area contributed by atoms with Gasteiger partial charge >= 0.3 is 0 Å². The highest BCUT2D eigenvalue weighted by atomic mass is 35.5. The Morgan fingerprint density at radius 2 is 1.74 bits per heavy atom. The normalized spacial score (nSPS) is 21.7. The number of benzene rings is 1. The van der Waals surface area contributed by atoms with Crippen molar-refractivity contribution in [1.82, 2.24) is 14.5 Å². The predicted molar refractivity (Wildman–Crippen MR) is 106 cm³/mol. The summed E-state index contributed by atoms with van der Waals surface area (Å²) in [6, 6.07) is 6.54. The Kier molecular flexibility index (Phi) is 6.78. The second-order valence-corrected chi connectivity index (χ2v) is 9.70. The van der Waals surface area contributed by atoms with E-state index < -0.39 is 10.0 Å². The van der Waals surface area contributed by atoms with E-state index in [4.69, 9.17) is 11.6 Å². The number of carbonyl (C=O) groups is 1. The van der Waals surface area contributed by atoms with E-state index >= 15 is 0 Å². The summed E-state index contributed by atoms with van der Waals surface area (Å²) >= 11 is 6.07. The molecule has 150 valence electrons. The van der Waals surface area contributed by atoms with Gasteiger partial charge in [0, 0.05) is 32.2 Å². The average molecular weight is 414 g/mol. The van der Waals surface area contributed by atoms with Gasteiger partial charge in [0.2, 0.25) is 15.9 Å². The Bertz CT molecular complexity index is 757. The van der Waals surface area contributed by atoms with Gasteiger partial charge in [0.15, 0.2) is 0 Å². The molecule has 3 rings (SSSR count). The smallest absolute Gasteiger partial charge is 0.244 e. The Balaban J connectivity index is 1.56. The zero-order chi connectivity index (χ0) is 19.4. The summed E-state index contributed by atoms with van der Waals surface area (Å²) in [5.74, 6) is 0.0457. The van der Waals surface area contributed by atoms with Crippen LogP contribution in [0.5, 0.6) is 0 Å². The fourth-order valence-corrected chi connectivity index (χ4v) is 5.77. The molecule has 27 heavy (non-hydrogen) atoms. The summed E-state index contributed by atoms with van der Waals surface area (Å²) in [7, 11) is -3.61. The maximum atomic E-state index is 12.8. The van der Waals surface area contributed by atoms with Crippen molar-refractivity contribution in [3.63, 3.8) is 0 Å². The van der Waals surface area contributed by atoms with Gasteiger partial charge in [-0.25, -0.2) is 8.42 Å². The number of amides is 1. The van der Waals surface area contributed by atoms with Crippen LogP contribution in [0.4, 0.5) is 0 Å². The molecule has 1 amide bonds. The lowest BCUT2D eigenvalue weighted by atomic mass is 9.95. The van der Waals surface area contributed by atoms with Gasteiger partial charge in [0.25, 0.3) is 0 Å². The van der Waals surface area contributed by atoms with Gasteiger partial charge in [-0.15, -0.1) is 0 Å². The molecule has 1 atom stereocenters. The molecular formula is C19H28ClN3O3S. The van der Waals surface area contributed by atoms with Gasteiger partial charge in [0.1, 0.15) is 4.90 Å². The first kappa shape index (κ1) is 20.6. The molecule has 1 aromatic carbocycles. The third-order valence-corrected chi connectivity index (χ3v) is 8.00. The molecule has 1 heterocycles. The number of nitrogens with zero attached hydrogens (tertiary/aromatic N) is 2. The van der Waals surface area contributed by atoms with E-state index in [2.05, 4.69) is 10.2 Å². The standard InChI is InChI=1S/C19H28ClN3O3S/c1-15(19(24)21-16-7-3-2-4-8-16)22-11-13-23(14-12-22)27(25,26)18-10-6-5-9-17(18)20/h5-6,9-10,15-16H,2-4,7-8,11-14H2,1H3,(H,21,24). The van der Waals surface area contributed by atoms with E-state index in [1.54, 1.807) is 18.2 Å². The maximum absolute atomic E-state index is 12.8. The van der Waals surface area contributed by atoms with Crippen LogP contribution in [-0.4, -0.2) is 61.8 Å². The summed E-state index contributed by atoms with van der Waals surface area (Å²) < 4.78 is 27.1. The molecule has 0 bridgehead atoms. The minimum absolute atomic E-state index is 0.0457. The lowest BCUT2D eigenvalue weighted by Gasteiger charge is -2.37. The summed E-state index contributed by atoms with van der Waals surface area (Å²) in [6.45, 7) is 3.67. The van der Waals surface area contributed by atoms with Crippen molar-refractivity contribution in [2.75, 3.05) is 26.2 Å². The molecule has 1 saturated heterocycles. The van der Waals surface area contributed by atoms with E-state index in [0.717, 1.165) is 12.8 Å².